The maximum absolute atomic E-state index is 14.4. The summed E-state index contributed by atoms with van der Waals surface area (Å²) in [5.74, 6) is 1.22. The number of halogens is 1. The molecule has 0 spiro atoms. The minimum Gasteiger partial charge on any atom is -0.497 e. The van der Waals surface area contributed by atoms with E-state index in [1.807, 2.05) is 72.8 Å². The first kappa shape index (κ1) is 32.5. The van der Waals surface area contributed by atoms with Gasteiger partial charge in [0.2, 0.25) is 5.90 Å². The Morgan fingerprint density at radius 3 is 2.46 bits per heavy atom. The summed E-state index contributed by atoms with van der Waals surface area (Å²) in [6.07, 6.45) is -0.239. The van der Waals surface area contributed by atoms with E-state index in [9.17, 15) is 10.3 Å². The van der Waals surface area contributed by atoms with Crippen LogP contribution >= 0.6 is 15.9 Å². The first-order chi connectivity index (χ1) is 22.5. The van der Waals surface area contributed by atoms with E-state index in [1.165, 1.54) is 0 Å². The molecule has 5 rings (SSSR count). The van der Waals surface area contributed by atoms with Crippen molar-refractivity contribution in [1.29, 1.82) is 0 Å². The Labute approximate surface area is 275 Å². The van der Waals surface area contributed by atoms with Crippen LogP contribution in [0.3, 0.4) is 0 Å². The minimum absolute atomic E-state index is 0.0437. The van der Waals surface area contributed by atoms with E-state index < -0.39 is 17.6 Å². The number of hydrogen-bond acceptors (Lipinski definition) is 8. The number of amides is 1. The number of carbonyl (C=O) groups is 1. The van der Waals surface area contributed by atoms with E-state index in [1.54, 1.807) is 31.4 Å². The number of methoxy groups -OCH3 is 1. The van der Waals surface area contributed by atoms with Gasteiger partial charge in [-0.1, -0.05) is 69.6 Å². The lowest BCUT2D eigenvalue weighted by molar-refractivity contribution is -0.130. The molecule has 1 aliphatic rings. The molecular formula is C34H33BrN6O5. The zero-order chi connectivity index (χ0) is 32.4. The van der Waals surface area contributed by atoms with Crippen molar-refractivity contribution in [2.45, 2.75) is 31.0 Å². The van der Waals surface area contributed by atoms with Crippen molar-refractivity contribution in [2.75, 3.05) is 20.3 Å². The number of ether oxygens (including phenoxy) is 3. The second kappa shape index (κ2) is 15.4. The largest absolute Gasteiger partial charge is 0.497 e. The number of benzene rings is 4. The standard InChI is InChI=1S/C34H33BrN6O5/c1-44-28-15-7-23(8-16-28)22-37-40-33(43)34(21-26-5-2-3-6-30(26)39-41-36)31(24-9-13-27(35)14-10-24)46-32(38-34)25-11-17-29(18-12-25)45-20-4-19-42/h2-3,5-18,31,37,42H,4,19-22H2,1H3,(H,40,43)/t31-,34-/m0/s1. The van der Waals surface area contributed by atoms with Gasteiger partial charge in [-0.2, -0.15) is 0 Å². The van der Waals surface area contributed by atoms with Crippen LogP contribution in [0.4, 0.5) is 5.69 Å². The van der Waals surface area contributed by atoms with E-state index in [0.717, 1.165) is 21.3 Å². The third kappa shape index (κ3) is 7.67. The molecule has 0 radical (unpaired) electrons. The molecular weight excluding hydrogens is 652 g/mol. The fourth-order valence-corrected chi connectivity index (χ4v) is 5.36. The summed E-state index contributed by atoms with van der Waals surface area (Å²) < 4.78 is 18.4. The summed E-state index contributed by atoms with van der Waals surface area (Å²) in [7, 11) is 1.61. The zero-order valence-electron chi connectivity index (χ0n) is 25.1. The van der Waals surface area contributed by atoms with E-state index in [2.05, 4.69) is 36.8 Å². The van der Waals surface area contributed by atoms with Gasteiger partial charge in [-0.05, 0) is 70.8 Å². The van der Waals surface area contributed by atoms with Crippen LogP contribution in [0.1, 0.15) is 34.8 Å². The molecule has 0 fully saturated rings. The molecule has 11 nitrogen and oxygen atoms in total. The van der Waals surface area contributed by atoms with Crippen LogP contribution in [0.2, 0.25) is 0 Å². The van der Waals surface area contributed by atoms with E-state index >= 15 is 0 Å². The van der Waals surface area contributed by atoms with Crippen molar-refractivity contribution in [3.05, 3.63) is 134 Å². The molecule has 12 heteroatoms. The maximum atomic E-state index is 14.4. The van der Waals surface area contributed by atoms with Crippen LogP contribution < -0.4 is 20.3 Å². The number of hydrazine groups is 1. The molecule has 2 atom stereocenters. The first-order valence-corrected chi connectivity index (χ1v) is 15.4. The minimum atomic E-state index is -1.51. The monoisotopic (exact) mass is 684 g/mol. The Kier molecular flexibility index (Phi) is 10.9. The number of rotatable bonds is 14. The summed E-state index contributed by atoms with van der Waals surface area (Å²) in [4.78, 5) is 22.4. The molecule has 0 aromatic heterocycles. The normalized spacial score (nSPS) is 16.9. The highest BCUT2D eigenvalue weighted by Crippen LogP contribution is 2.44. The van der Waals surface area contributed by atoms with Crippen molar-refractivity contribution < 1.29 is 24.1 Å². The molecule has 0 unspecified atom stereocenters. The molecule has 0 bridgehead atoms. The lowest BCUT2D eigenvalue weighted by atomic mass is 9.81. The average Bonchev–Trinajstić information content (AvgIpc) is 3.47. The molecule has 4 aromatic rings. The summed E-state index contributed by atoms with van der Waals surface area (Å²) in [6, 6.07) is 29.4. The van der Waals surface area contributed by atoms with Gasteiger partial charge in [-0.25, -0.2) is 10.4 Å². The Bertz CT molecular complexity index is 1710. The topological polar surface area (TPSA) is 150 Å². The van der Waals surface area contributed by atoms with E-state index in [4.69, 9.17) is 24.3 Å². The lowest BCUT2D eigenvalue weighted by Crippen LogP contribution is -2.53. The lowest BCUT2D eigenvalue weighted by Gasteiger charge is -2.31. The van der Waals surface area contributed by atoms with Gasteiger partial charge in [0.15, 0.2) is 11.6 Å². The molecule has 0 saturated heterocycles. The van der Waals surface area contributed by atoms with Gasteiger partial charge in [0, 0.05) is 46.6 Å². The molecule has 1 aliphatic heterocycles. The number of carbonyl (C=O) groups excluding carboxylic acids is 1. The molecule has 46 heavy (non-hydrogen) atoms. The van der Waals surface area contributed by atoms with Crippen LogP contribution in [-0.4, -0.2) is 42.8 Å². The molecule has 1 amide bonds. The van der Waals surface area contributed by atoms with Gasteiger partial charge in [0.05, 0.1) is 13.7 Å². The van der Waals surface area contributed by atoms with Crippen molar-refractivity contribution in [1.82, 2.24) is 10.9 Å². The number of hydrogen-bond donors (Lipinski definition) is 3. The highest BCUT2D eigenvalue weighted by atomic mass is 79.9. The van der Waals surface area contributed by atoms with Gasteiger partial charge >= 0.3 is 0 Å². The first-order valence-electron chi connectivity index (χ1n) is 14.6. The van der Waals surface area contributed by atoms with Crippen LogP contribution in [0.5, 0.6) is 11.5 Å². The SMILES string of the molecule is COc1ccc(CNNC(=O)[C@@]2(Cc3ccccc3N=[N+]=[N-])N=C(c3ccc(OCCCO)cc3)O[C@H]2c2ccc(Br)cc2)cc1. The molecule has 4 aromatic carbocycles. The van der Waals surface area contributed by atoms with Crippen molar-refractivity contribution in [3.63, 3.8) is 0 Å². The average molecular weight is 686 g/mol. The quantitative estimate of drug-likeness (QED) is 0.0455. The van der Waals surface area contributed by atoms with Gasteiger partial charge in [0.1, 0.15) is 11.5 Å². The summed E-state index contributed by atoms with van der Waals surface area (Å²) in [6.45, 7) is 0.775. The molecule has 3 N–H and O–H groups in total. The molecule has 0 aliphatic carbocycles. The third-order valence-corrected chi connectivity index (χ3v) is 7.99. The fraction of sp³-hybridized carbons (Fsp3) is 0.235. The number of aliphatic hydroxyl groups excluding tert-OH is 1. The Hall–Kier alpha value is -4.87. The number of nitrogens with one attached hydrogen (secondary N) is 2. The number of aliphatic imine (C=N–C) groups is 1. The summed E-state index contributed by atoms with van der Waals surface area (Å²) >= 11 is 3.50. The van der Waals surface area contributed by atoms with Crippen molar-refractivity contribution in [3.8, 4) is 11.5 Å². The van der Waals surface area contributed by atoms with Gasteiger partial charge in [0.25, 0.3) is 5.91 Å². The number of aliphatic hydroxyl groups is 1. The number of azide groups is 1. The van der Waals surface area contributed by atoms with E-state index in [-0.39, 0.29) is 18.9 Å². The maximum Gasteiger partial charge on any atom is 0.266 e. The smallest absolute Gasteiger partial charge is 0.266 e. The van der Waals surface area contributed by atoms with Gasteiger partial charge in [-0.3, -0.25) is 10.2 Å². The Morgan fingerprint density at radius 2 is 1.76 bits per heavy atom. The molecule has 236 valence electrons. The Morgan fingerprint density at radius 1 is 1.04 bits per heavy atom. The highest BCUT2D eigenvalue weighted by molar-refractivity contribution is 9.10. The number of nitrogens with zero attached hydrogens (tertiary/aromatic N) is 4. The molecule has 1 heterocycles. The molecule has 0 saturated carbocycles. The second-order valence-corrected chi connectivity index (χ2v) is 11.4. The van der Waals surface area contributed by atoms with Crippen LogP contribution in [0.25, 0.3) is 10.4 Å². The third-order valence-electron chi connectivity index (χ3n) is 7.46. The van der Waals surface area contributed by atoms with Crippen LogP contribution in [0.15, 0.2) is 112 Å². The summed E-state index contributed by atoms with van der Waals surface area (Å²) in [5.41, 5.74) is 17.0. The van der Waals surface area contributed by atoms with Crippen LogP contribution in [-0.2, 0) is 22.5 Å². The van der Waals surface area contributed by atoms with Crippen molar-refractivity contribution in [2.24, 2.45) is 10.1 Å². The second-order valence-electron chi connectivity index (χ2n) is 10.5. The Balaban J connectivity index is 1.54. The highest BCUT2D eigenvalue weighted by Gasteiger charge is 2.53. The fourth-order valence-electron chi connectivity index (χ4n) is 5.09. The predicted octanol–water partition coefficient (Wildman–Crippen LogP) is 6.48. The zero-order valence-corrected chi connectivity index (χ0v) is 26.7. The predicted molar refractivity (Wildman–Crippen MR) is 178 cm³/mol. The summed E-state index contributed by atoms with van der Waals surface area (Å²) in [5, 5.41) is 12.9. The van der Waals surface area contributed by atoms with Crippen molar-refractivity contribution >= 4 is 33.4 Å². The van der Waals surface area contributed by atoms with Gasteiger partial charge < -0.3 is 19.3 Å². The van der Waals surface area contributed by atoms with E-state index in [0.29, 0.717) is 42.1 Å². The van der Waals surface area contributed by atoms with Gasteiger partial charge in [-0.15, -0.1) is 0 Å². The van der Waals surface area contributed by atoms with Crippen LogP contribution in [0, 0.1) is 0 Å².